The molecule has 4 heteroatoms. The number of hydrogen-bond donors (Lipinski definition) is 0. The monoisotopic (exact) mass is 335 g/mol. The highest BCUT2D eigenvalue weighted by Crippen LogP contribution is 2.34. The first-order valence-electron chi connectivity index (χ1n) is 8.94. The average molecular weight is 335 g/mol. The van der Waals surface area contributed by atoms with Crippen molar-refractivity contribution >= 4 is 16.6 Å². The third kappa shape index (κ3) is 2.71. The van der Waals surface area contributed by atoms with Gasteiger partial charge in [-0.1, -0.05) is 24.3 Å². The molecule has 25 heavy (non-hydrogen) atoms. The first-order valence-corrected chi connectivity index (χ1v) is 8.94. The number of ether oxygens (including phenoxy) is 1. The molecule has 0 aliphatic carbocycles. The van der Waals surface area contributed by atoms with Crippen molar-refractivity contribution in [3.8, 4) is 0 Å². The SMILES string of the molecule is COCCn1c(C)c(C)c2cncc(N3CCc4ccccc4C3)c21. The second kappa shape index (κ2) is 6.52. The van der Waals surface area contributed by atoms with E-state index in [1.54, 1.807) is 7.11 Å². The predicted octanol–water partition coefficient (Wildman–Crippen LogP) is 3.86. The smallest absolute Gasteiger partial charge is 0.0803 e. The van der Waals surface area contributed by atoms with Crippen molar-refractivity contribution < 1.29 is 4.74 Å². The summed E-state index contributed by atoms with van der Waals surface area (Å²) in [4.78, 5) is 7.03. The van der Waals surface area contributed by atoms with Gasteiger partial charge in [0.1, 0.15) is 0 Å². The number of methoxy groups -OCH3 is 1. The quantitative estimate of drug-likeness (QED) is 0.725. The molecular formula is C21H25N3O. The van der Waals surface area contributed by atoms with E-state index in [0.717, 1.165) is 26.1 Å². The minimum absolute atomic E-state index is 0.717. The van der Waals surface area contributed by atoms with Crippen LogP contribution in [0.15, 0.2) is 36.7 Å². The minimum atomic E-state index is 0.717. The van der Waals surface area contributed by atoms with E-state index < -0.39 is 0 Å². The summed E-state index contributed by atoms with van der Waals surface area (Å²) in [5.41, 5.74) is 8.05. The summed E-state index contributed by atoms with van der Waals surface area (Å²) >= 11 is 0. The molecule has 0 saturated heterocycles. The number of aromatic nitrogens is 2. The summed E-state index contributed by atoms with van der Waals surface area (Å²) in [5.74, 6) is 0. The lowest BCUT2D eigenvalue weighted by molar-refractivity contribution is 0.188. The van der Waals surface area contributed by atoms with E-state index in [4.69, 9.17) is 4.74 Å². The van der Waals surface area contributed by atoms with E-state index in [-0.39, 0.29) is 0 Å². The Morgan fingerprint density at radius 1 is 1.12 bits per heavy atom. The van der Waals surface area contributed by atoms with Crippen molar-refractivity contribution in [3.63, 3.8) is 0 Å². The van der Waals surface area contributed by atoms with Crippen LogP contribution in [-0.2, 0) is 24.2 Å². The summed E-state index contributed by atoms with van der Waals surface area (Å²) in [5, 5.41) is 1.25. The zero-order valence-electron chi connectivity index (χ0n) is 15.2. The largest absolute Gasteiger partial charge is 0.383 e. The summed E-state index contributed by atoms with van der Waals surface area (Å²) in [6.07, 6.45) is 5.12. The van der Waals surface area contributed by atoms with E-state index in [2.05, 4.69) is 52.6 Å². The van der Waals surface area contributed by atoms with Crippen molar-refractivity contribution in [3.05, 3.63) is 59.0 Å². The molecule has 0 amide bonds. The van der Waals surface area contributed by atoms with Gasteiger partial charge in [-0.15, -0.1) is 0 Å². The summed E-state index contributed by atoms with van der Waals surface area (Å²) < 4.78 is 7.74. The van der Waals surface area contributed by atoms with Crippen LogP contribution in [-0.4, -0.2) is 29.8 Å². The number of aryl methyl sites for hydroxylation is 1. The molecule has 3 heterocycles. The molecule has 4 nitrogen and oxygen atoms in total. The summed E-state index contributed by atoms with van der Waals surface area (Å²) in [6, 6.07) is 8.77. The molecule has 0 unspecified atom stereocenters. The second-order valence-corrected chi connectivity index (χ2v) is 6.85. The van der Waals surface area contributed by atoms with Crippen molar-refractivity contribution in [2.45, 2.75) is 33.4 Å². The third-order valence-corrected chi connectivity index (χ3v) is 5.51. The number of nitrogens with zero attached hydrogens (tertiary/aromatic N) is 3. The van der Waals surface area contributed by atoms with Crippen molar-refractivity contribution in [1.82, 2.24) is 9.55 Å². The molecule has 0 spiro atoms. The van der Waals surface area contributed by atoms with Gasteiger partial charge in [0.15, 0.2) is 0 Å². The molecule has 0 radical (unpaired) electrons. The highest BCUT2D eigenvalue weighted by Gasteiger charge is 2.21. The molecule has 4 rings (SSSR count). The van der Waals surface area contributed by atoms with E-state index in [1.807, 2.05) is 12.4 Å². The third-order valence-electron chi connectivity index (χ3n) is 5.51. The van der Waals surface area contributed by atoms with Crippen LogP contribution in [0.4, 0.5) is 5.69 Å². The number of fused-ring (bicyclic) bond motifs is 2. The number of anilines is 1. The van der Waals surface area contributed by atoms with Gasteiger partial charge in [0.25, 0.3) is 0 Å². The number of pyridine rings is 1. The first kappa shape index (κ1) is 16.2. The summed E-state index contributed by atoms with van der Waals surface area (Å²) in [7, 11) is 1.76. The van der Waals surface area contributed by atoms with Crippen LogP contribution in [0, 0.1) is 13.8 Å². The van der Waals surface area contributed by atoms with Gasteiger partial charge in [0.05, 0.1) is 24.0 Å². The van der Waals surface area contributed by atoms with Gasteiger partial charge < -0.3 is 14.2 Å². The molecule has 0 bridgehead atoms. The Kier molecular flexibility index (Phi) is 4.22. The van der Waals surface area contributed by atoms with Crippen molar-refractivity contribution in [2.24, 2.45) is 0 Å². The van der Waals surface area contributed by atoms with Gasteiger partial charge in [-0.3, -0.25) is 4.98 Å². The molecule has 130 valence electrons. The first-order chi connectivity index (χ1) is 12.2. The van der Waals surface area contributed by atoms with Crippen LogP contribution in [0.2, 0.25) is 0 Å². The Morgan fingerprint density at radius 2 is 1.92 bits per heavy atom. The molecule has 0 N–H and O–H groups in total. The van der Waals surface area contributed by atoms with Crippen LogP contribution < -0.4 is 4.90 Å². The Balaban J connectivity index is 1.81. The van der Waals surface area contributed by atoms with Gasteiger partial charge in [-0.2, -0.15) is 0 Å². The van der Waals surface area contributed by atoms with Gasteiger partial charge in [0.2, 0.25) is 0 Å². The highest BCUT2D eigenvalue weighted by atomic mass is 16.5. The second-order valence-electron chi connectivity index (χ2n) is 6.85. The highest BCUT2D eigenvalue weighted by molar-refractivity contribution is 5.94. The molecule has 1 aromatic carbocycles. The topological polar surface area (TPSA) is 30.3 Å². The molecule has 3 aromatic rings. The molecule has 0 saturated carbocycles. The van der Waals surface area contributed by atoms with Gasteiger partial charge >= 0.3 is 0 Å². The maximum absolute atomic E-state index is 5.34. The molecule has 1 aliphatic rings. The van der Waals surface area contributed by atoms with Gasteiger partial charge in [0, 0.05) is 44.0 Å². The Labute approximate surface area is 149 Å². The van der Waals surface area contributed by atoms with E-state index >= 15 is 0 Å². The average Bonchev–Trinajstić information content (AvgIpc) is 2.90. The standard InChI is InChI=1S/C21H25N3O/c1-15-16(2)24(10-11-25-3)21-19(15)12-22-13-20(21)23-9-8-17-6-4-5-7-18(17)14-23/h4-7,12-13H,8-11,14H2,1-3H3. The lowest BCUT2D eigenvalue weighted by Crippen LogP contribution is -2.30. The molecule has 0 fully saturated rings. The maximum Gasteiger partial charge on any atom is 0.0803 e. The lowest BCUT2D eigenvalue weighted by atomic mass is 9.99. The molecule has 1 aliphatic heterocycles. The molecule has 2 aromatic heterocycles. The Bertz CT molecular complexity index is 913. The fraction of sp³-hybridized carbons (Fsp3) is 0.381. The Hall–Kier alpha value is -2.33. The van der Waals surface area contributed by atoms with Gasteiger partial charge in [-0.05, 0) is 37.0 Å². The summed E-state index contributed by atoms with van der Waals surface area (Å²) in [6.45, 7) is 7.96. The minimum Gasteiger partial charge on any atom is -0.383 e. The fourth-order valence-electron chi connectivity index (χ4n) is 3.96. The van der Waals surface area contributed by atoms with Crippen LogP contribution in [0.25, 0.3) is 10.9 Å². The van der Waals surface area contributed by atoms with E-state index in [1.165, 1.54) is 39.0 Å². The zero-order valence-corrected chi connectivity index (χ0v) is 15.2. The van der Waals surface area contributed by atoms with E-state index in [9.17, 15) is 0 Å². The van der Waals surface area contributed by atoms with Crippen LogP contribution >= 0.6 is 0 Å². The van der Waals surface area contributed by atoms with Crippen molar-refractivity contribution in [2.75, 3.05) is 25.2 Å². The van der Waals surface area contributed by atoms with E-state index in [0.29, 0.717) is 6.61 Å². The van der Waals surface area contributed by atoms with Crippen LogP contribution in [0.1, 0.15) is 22.4 Å². The van der Waals surface area contributed by atoms with Crippen molar-refractivity contribution in [1.29, 1.82) is 0 Å². The zero-order chi connectivity index (χ0) is 17.4. The fourth-order valence-corrected chi connectivity index (χ4v) is 3.96. The Morgan fingerprint density at radius 3 is 2.72 bits per heavy atom. The number of rotatable bonds is 4. The van der Waals surface area contributed by atoms with Crippen LogP contribution in [0.3, 0.4) is 0 Å². The lowest BCUT2D eigenvalue weighted by Gasteiger charge is -2.31. The number of hydrogen-bond acceptors (Lipinski definition) is 3. The normalized spacial score (nSPS) is 14.1. The number of benzene rings is 1. The molecular weight excluding hydrogens is 310 g/mol. The van der Waals surface area contributed by atoms with Crippen LogP contribution in [0.5, 0.6) is 0 Å². The molecule has 0 atom stereocenters. The predicted molar refractivity (Wildman–Crippen MR) is 102 cm³/mol. The maximum atomic E-state index is 5.34. The van der Waals surface area contributed by atoms with Gasteiger partial charge in [-0.25, -0.2) is 0 Å².